The number of nitrogens with one attached hydrogen (secondary N) is 1. The van der Waals surface area contributed by atoms with Gasteiger partial charge in [0, 0.05) is 45.4 Å². The molecule has 0 aliphatic heterocycles. The number of benzene rings is 7. The van der Waals surface area contributed by atoms with Crippen LogP contribution in [0.3, 0.4) is 0 Å². The number of para-hydroxylation sites is 2. The molecule has 1 heterocycles. The van der Waals surface area contributed by atoms with Gasteiger partial charge in [-0.1, -0.05) is 161 Å². The third kappa shape index (κ3) is 10.8. The van der Waals surface area contributed by atoms with Crippen molar-refractivity contribution in [1.82, 2.24) is 4.57 Å². The first kappa shape index (κ1) is 46.3. The Bertz CT molecular complexity index is 3040. The van der Waals surface area contributed by atoms with Gasteiger partial charge in [-0.05, 0) is 143 Å². The molecule has 0 unspecified atom stereocenters. The summed E-state index contributed by atoms with van der Waals surface area (Å²) >= 11 is 6.44. The number of thiol groups is 2. The molecule has 7 aromatic carbocycles. The third-order valence-electron chi connectivity index (χ3n) is 11.4. The van der Waals surface area contributed by atoms with E-state index >= 15 is 0 Å². The Balaban J connectivity index is 0.00000101. The molecule has 0 saturated carbocycles. The van der Waals surface area contributed by atoms with Gasteiger partial charge >= 0.3 is 0 Å². The largest absolute Gasteiger partial charge is 0.362 e. The lowest BCUT2D eigenvalue weighted by molar-refractivity contribution is 0.985. The first-order chi connectivity index (χ1) is 32.2. The number of allylic oxidation sites excluding steroid dienone is 8. The highest BCUT2D eigenvalue weighted by atomic mass is 33.1. The highest BCUT2D eigenvalue weighted by Crippen LogP contribution is 2.40. The number of hydrogen-bond acceptors (Lipinski definition) is 4. The number of anilines is 3. The number of aromatic nitrogens is 1. The fourth-order valence-electron chi connectivity index (χ4n) is 8.57. The maximum atomic E-state index is 3.64. The Morgan fingerprint density at radius 2 is 1.31 bits per heavy atom. The molecule has 0 atom stereocenters. The van der Waals surface area contributed by atoms with Gasteiger partial charge in [0.25, 0.3) is 0 Å². The molecule has 1 N–H and O–H groups in total. The van der Waals surface area contributed by atoms with Gasteiger partial charge in [-0.25, -0.2) is 0 Å². The van der Waals surface area contributed by atoms with Crippen molar-refractivity contribution in [2.75, 3.05) is 10.2 Å². The summed E-state index contributed by atoms with van der Waals surface area (Å²) in [6.07, 6.45) is 28.3. The zero-order chi connectivity index (χ0) is 45.4. The lowest BCUT2D eigenvalue weighted by atomic mass is 9.95. The van der Waals surface area contributed by atoms with Gasteiger partial charge in [0.15, 0.2) is 0 Å². The van der Waals surface area contributed by atoms with Crippen molar-refractivity contribution in [3.63, 3.8) is 0 Å². The van der Waals surface area contributed by atoms with Crippen molar-refractivity contribution in [2.24, 2.45) is 0 Å². The van der Waals surface area contributed by atoms with E-state index in [9.17, 15) is 0 Å². The minimum absolute atomic E-state index is 1.01. The van der Waals surface area contributed by atoms with Gasteiger partial charge < -0.3 is 14.8 Å². The molecule has 65 heavy (non-hydrogen) atoms. The smallest absolute Gasteiger partial charge is 0.0541 e. The molecule has 3 nitrogen and oxygen atoms in total. The molecule has 0 saturated heterocycles. The van der Waals surface area contributed by atoms with Crippen molar-refractivity contribution in [2.45, 2.75) is 53.4 Å². The molecule has 0 spiro atoms. The predicted octanol–water partition coefficient (Wildman–Crippen LogP) is 17.9. The fourth-order valence-corrected chi connectivity index (χ4v) is 8.57. The van der Waals surface area contributed by atoms with E-state index in [1.807, 2.05) is 33.9 Å². The van der Waals surface area contributed by atoms with Gasteiger partial charge in [-0.2, -0.15) is 0 Å². The molecule has 0 amide bonds. The summed E-state index contributed by atoms with van der Waals surface area (Å²) in [7, 11) is 0. The lowest BCUT2D eigenvalue weighted by Gasteiger charge is -2.29. The van der Waals surface area contributed by atoms with Crippen LogP contribution in [-0.2, 0) is 6.42 Å². The molecule has 8 aromatic rings. The normalized spacial score (nSPS) is 12.9. The topological polar surface area (TPSA) is 20.2 Å². The van der Waals surface area contributed by atoms with Gasteiger partial charge in [0.2, 0.25) is 0 Å². The standard InChI is InChI=1S/C56H45N3.2C2H6.H2S2/c1(5-17-41-28-29-42-18-10-12-20-44(42)35-41)2-16-34-57-48-36-47(46-31-33-56-54(39-46)53-26-14-15-27-55(53)59(56)50-24-8-4-9-25-50)38-52(40-48)58(49-22-6-3-7-23-49)51-32-30-43-19-11-13-21-45(43)37-51;3*1-2/h1-2,4-6,8-9,11-17,19-40,57H,3,7,10,18H2;2*1-2H3;1-2H/b2-1-,17-5-,34-16+;;;. The van der Waals surface area contributed by atoms with Crippen molar-refractivity contribution in [3.05, 3.63) is 229 Å². The summed E-state index contributed by atoms with van der Waals surface area (Å²) in [4.78, 5) is 2.40. The second-order valence-corrected chi connectivity index (χ2v) is 15.3. The van der Waals surface area contributed by atoms with Crippen molar-refractivity contribution in [1.29, 1.82) is 0 Å². The highest BCUT2D eigenvalue weighted by Gasteiger charge is 2.19. The summed E-state index contributed by atoms with van der Waals surface area (Å²) in [6.45, 7) is 8.00. The van der Waals surface area contributed by atoms with Crippen LogP contribution in [0.25, 0.3) is 61.5 Å². The maximum absolute atomic E-state index is 3.64. The summed E-state index contributed by atoms with van der Waals surface area (Å²) in [5.41, 5.74) is 14.3. The van der Waals surface area contributed by atoms with E-state index in [-0.39, 0.29) is 0 Å². The molecular weight excluding hydrogens is 827 g/mol. The predicted molar refractivity (Wildman–Crippen MR) is 294 cm³/mol. The van der Waals surface area contributed by atoms with E-state index < -0.39 is 0 Å². The summed E-state index contributed by atoms with van der Waals surface area (Å²) < 4.78 is 2.37. The second-order valence-electron chi connectivity index (χ2n) is 15.3. The molecule has 326 valence electrons. The van der Waals surface area contributed by atoms with E-state index in [1.54, 1.807) is 0 Å². The van der Waals surface area contributed by atoms with Gasteiger partial charge in [0.1, 0.15) is 0 Å². The molecular formula is C60H59N3S2. The van der Waals surface area contributed by atoms with Gasteiger partial charge in [0.05, 0.1) is 11.0 Å². The molecule has 2 aliphatic carbocycles. The van der Waals surface area contributed by atoms with E-state index in [2.05, 4.69) is 251 Å². The van der Waals surface area contributed by atoms with E-state index in [0.29, 0.717) is 0 Å². The molecule has 1 aromatic heterocycles. The third-order valence-corrected chi connectivity index (χ3v) is 11.4. The van der Waals surface area contributed by atoms with Crippen LogP contribution in [0, 0.1) is 0 Å². The van der Waals surface area contributed by atoms with E-state index in [1.165, 1.54) is 55.0 Å². The zero-order valence-electron chi connectivity index (χ0n) is 37.9. The van der Waals surface area contributed by atoms with E-state index in [0.717, 1.165) is 59.6 Å². The van der Waals surface area contributed by atoms with Crippen molar-refractivity contribution < 1.29 is 0 Å². The Morgan fingerprint density at radius 1 is 0.554 bits per heavy atom. The Morgan fingerprint density at radius 3 is 2.14 bits per heavy atom. The molecule has 0 fully saturated rings. The summed E-state index contributed by atoms with van der Waals surface area (Å²) in [6, 6.07) is 55.3. The Labute approximate surface area is 396 Å². The minimum atomic E-state index is 1.01. The Kier molecular flexibility index (Phi) is 16.6. The number of nitrogens with zero attached hydrogens (tertiary/aromatic N) is 2. The van der Waals surface area contributed by atoms with Crippen LogP contribution in [0.1, 0.15) is 63.6 Å². The zero-order valence-corrected chi connectivity index (χ0v) is 39.7. The van der Waals surface area contributed by atoms with Crippen LogP contribution >= 0.6 is 23.3 Å². The average molecular weight is 886 g/mol. The number of aryl methyl sites for hydroxylation is 1. The molecule has 10 rings (SSSR count). The SMILES string of the molecule is C1=CC(N(c2cc(N/C=C/C=C\C=C/c3ccc4c(c3)C=CCC4)cc(-c3ccc4c(c3)c3ccccc3n4-c3ccccc3)c2)c2ccc3ccccc3c2)=CCC1.CC.CC.SS. The number of fused-ring (bicyclic) bond motifs is 5. The van der Waals surface area contributed by atoms with E-state index in [4.69, 9.17) is 0 Å². The van der Waals surface area contributed by atoms with Crippen LogP contribution in [0.5, 0.6) is 0 Å². The average Bonchev–Trinajstić information content (AvgIpc) is 3.72. The summed E-state index contributed by atoms with van der Waals surface area (Å²) in [5, 5.41) is 8.56. The van der Waals surface area contributed by atoms with Gasteiger partial charge in [-0.15, -0.1) is 23.3 Å². The number of hydrogen-bond donors (Lipinski definition) is 3. The van der Waals surface area contributed by atoms with Crippen LogP contribution < -0.4 is 10.2 Å². The second kappa shape index (κ2) is 23.3. The van der Waals surface area contributed by atoms with Crippen molar-refractivity contribution >= 4 is 85.1 Å². The fraction of sp³-hybridized carbons (Fsp3) is 0.133. The van der Waals surface area contributed by atoms with Crippen LogP contribution in [0.4, 0.5) is 17.1 Å². The minimum Gasteiger partial charge on any atom is -0.362 e. The van der Waals surface area contributed by atoms with Crippen LogP contribution in [0.15, 0.2) is 212 Å². The highest BCUT2D eigenvalue weighted by molar-refractivity contribution is 8.59. The Hall–Kier alpha value is -6.66. The molecule has 0 bridgehead atoms. The number of rotatable bonds is 10. The van der Waals surface area contributed by atoms with Crippen LogP contribution in [0.2, 0.25) is 0 Å². The molecule has 0 radical (unpaired) electrons. The first-order valence-electron chi connectivity index (χ1n) is 22.9. The first-order valence-corrected chi connectivity index (χ1v) is 24.5. The molecule has 2 aliphatic rings. The van der Waals surface area contributed by atoms with Crippen LogP contribution in [-0.4, -0.2) is 4.57 Å². The monoisotopic (exact) mass is 885 g/mol. The summed E-state index contributed by atoms with van der Waals surface area (Å²) in [5.74, 6) is 0. The lowest BCUT2D eigenvalue weighted by Crippen LogP contribution is -2.16. The quantitative estimate of drug-likeness (QED) is 0.0723. The molecule has 5 heteroatoms. The van der Waals surface area contributed by atoms with Crippen molar-refractivity contribution in [3.8, 4) is 16.8 Å². The van der Waals surface area contributed by atoms with Gasteiger partial charge in [-0.3, -0.25) is 0 Å². The maximum Gasteiger partial charge on any atom is 0.0541 e.